The fourth-order valence-corrected chi connectivity index (χ4v) is 5.28. The van der Waals surface area contributed by atoms with Gasteiger partial charge in [-0.05, 0) is 74.3 Å². The number of benzene rings is 2. The van der Waals surface area contributed by atoms with Crippen LogP contribution in [0.15, 0.2) is 54.7 Å². The second-order valence-electron chi connectivity index (χ2n) is 9.05. The Kier molecular flexibility index (Phi) is 5.99. The summed E-state index contributed by atoms with van der Waals surface area (Å²) in [6.45, 7) is 2.76. The summed E-state index contributed by atoms with van der Waals surface area (Å²) in [4.78, 5) is 29.3. The third-order valence-electron chi connectivity index (χ3n) is 6.92. The predicted molar refractivity (Wildman–Crippen MR) is 127 cm³/mol. The highest BCUT2D eigenvalue weighted by Gasteiger charge is 2.39. The van der Waals surface area contributed by atoms with Crippen LogP contribution < -0.4 is 10.1 Å². The zero-order valence-corrected chi connectivity index (χ0v) is 18.8. The number of esters is 1. The van der Waals surface area contributed by atoms with Gasteiger partial charge in [0.15, 0.2) is 0 Å². The molecule has 0 saturated heterocycles. The van der Waals surface area contributed by atoms with Gasteiger partial charge < -0.3 is 14.8 Å². The Hall–Kier alpha value is -3.41. The van der Waals surface area contributed by atoms with Gasteiger partial charge in [0.1, 0.15) is 5.75 Å². The zero-order valence-electron chi connectivity index (χ0n) is 18.8. The second-order valence-corrected chi connectivity index (χ2v) is 9.05. The molecule has 0 radical (unpaired) electrons. The number of pyridine rings is 1. The number of ether oxygens (including phenoxy) is 2. The minimum Gasteiger partial charge on any atom is -0.492 e. The summed E-state index contributed by atoms with van der Waals surface area (Å²) >= 11 is 0. The maximum absolute atomic E-state index is 13.0. The molecular formula is C27H28N2O4. The summed E-state index contributed by atoms with van der Waals surface area (Å²) in [6, 6.07) is 14.6. The number of carbonyl (C=O) groups excluding carboxylic acids is 2. The van der Waals surface area contributed by atoms with E-state index in [0.29, 0.717) is 47.2 Å². The van der Waals surface area contributed by atoms with E-state index in [1.807, 2.05) is 24.3 Å². The molecule has 5 rings (SSSR count). The number of hydrogen-bond acceptors (Lipinski definition) is 5. The van der Waals surface area contributed by atoms with Gasteiger partial charge in [0.2, 0.25) is 0 Å². The van der Waals surface area contributed by atoms with Gasteiger partial charge in [0.05, 0.1) is 29.9 Å². The fraction of sp³-hybridized carbons (Fsp3) is 0.370. The fourth-order valence-electron chi connectivity index (χ4n) is 5.28. The number of carbonyl (C=O) groups is 2. The van der Waals surface area contributed by atoms with Gasteiger partial charge >= 0.3 is 5.97 Å². The molecule has 2 bridgehead atoms. The number of hydrogen-bond donors (Lipinski definition) is 1. The van der Waals surface area contributed by atoms with Crippen molar-refractivity contribution in [3.05, 3.63) is 65.9 Å². The lowest BCUT2D eigenvalue weighted by Gasteiger charge is -2.22. The Labute approximate surface area is 193 Å². The van der Waals surface area contributed by atoms with Crippen LogP contribution in [0.2, 0.25) is 0 Å². The number of nitrogens with zero attached hydrogens (tertiary/aromatic N) is 1. The molecule has 6 nitrogen and oxygen atoms in total. The Morgan fingerprint density at radius 3 is 2.76 bits per heavy atom. The van der Waals surface area contributed by atoms with E-state index in [1.165, 1.54) is 31.9 Å². The van der Waals surface area contributed by atoms with Crippen molar-refractivity contribution in [1.29, 1.82) is 0 Å². The summed E-state index contributed by atoms with van der Waals surface area (Å²) < 4.78 is 11.2. The molecule has 0 aliphatic heterocycles. The lowest BCUT2D eigenvalue weighted by molar-refractivity contribution is 0.0526. The Morgan fingerprint density at radius 1 is 1.09 bits per heavy atom. The molecular weight excluding hydrogens is 416 g/mol. The van der Waals surface area contributed by atoms with Crippen molar-refractivity contribution < 1.29 is 19.1 Å². The third-order valence-corrected chi connectivity index (χ3v) is 6.92. The van der Waals surface area contributed by atoms with E-state index in [-0.39, 0.29) is 5.91 Å². The van der Waals surface area contributed by atoms with Gasteiger partial charge in [-0.1, -0.05) is 24.6 Å². The number of nitrogens with one attached hydrogen (secondary N) is 1. The molecule has 2 aliphatic carbocycles. The summed E-state index contributed by atoms with van der Waals surface area (Å²) in [5.41, 5.74) is 2.24. The Bertz CT molecular complexity index is 1190. The maximum atomic E-state index is 13.0. The molecule has 2 fully saturated rings. The minimum atomic E-state index is -0.397. The molecule has 1 heterocycles. The van der Waals surface area contributed by atoms with Gasteiger partial charge in [0, 0.05) is 17.3 Å². The van der Waals surface area contributed by atoms with Crippen LogP contribution in [0.4, 0.5) is 5.69 Å². The number of amides is 1. The van der Waals surface area contributed by atoms with Crippen LogP contribution in [-0.2, 0) is 4.74 Å². The molecule has 1 aromatic heterocycles. The molecule has 33 heavy (non-hydrogen) atoms. The standard InChI is InChI=1S/C27H28N2O4/c1-2-32-27(31)20-13-19-9-10-22(14-24(19)28-15-20)29-26(30)23-5-3-4-6-25(23)33-16-21-12-17-7-8-18(21)11-17/h3-6,9-10,13-15,17-18,21H,2,7-8,11-12,16H2,1H3,(H,29,30). The molecule has 2 aromatic carbocycles. The lowest BCUT2D eigenvalue weighted by Crippen LogP contribution is -2.20. The lowest BCUT2D eigenvalue weighted by atomic mass is 9.89. The number of rotatable bonds is 7. The van der Waals surface area contributed by atoms with Crippen molar-refractivity contribution >= 4 is 28.5 Å². The van der Waals surface area contributed by atoms with Crippen molar-refractivity contribution in [2.24, 2.45) is 17.8 Å². The average molecular weight is 445 g/mol. The quantitative estimate of drug-likeness (QED) is 0.488. The van der Waals surface area contributed by atoms with E-state index in [9.17, 15) is 9.59 Å². The van der Waals surface area contributed by atoms with Crippen LogP contribution in [0.1, 0.15) is 53.3 Å². The van der Waals surface area contributed by atoms with Crippen LogP contribution in [0.5, 0.6) is 5.75 Å². The molecule has 2 saturated carbocycles. The van der Waals surface area contributed by atoms with Crippen LogP contribution >= 0.6 is 0 Å². The maximum Gasteiger partial charge on any atom is 0.339 e. The van der Waals surface area contributed by atoms with E-state index in [1.54, 1.807) is 31.2 Å². The molecule has 0 spiro atoms. The molecule has 2 aliphatic rings. The summed E-state index contributed by atoms with van der Waals surface area (Å²) in [5, 5.41) is 3.75. The highest BCUT2D eigenvalue weighted by molar-refractivity contribution is 6.07. The number of anilines is 1. The zero-order chi connectivity index (χ0) is 22.8. The van der Waals surface area contributed by atoms with Crippen molar-refractivity contribution in [3.8, 4) is 5.75 Å². The number of fused-ring (bicyclic) bond motifs is 3. The molecule has 1 N–H and O–H groups in total. The predicted octanol–water partition coefficient (Wildman–Crippen LogP) is 5.48. The number of para-hydroxylation sites is 1. The highest BCUT2D eigenvalue weighted by Crippen LogP contribution is 2.48. The summed E-state index contributed by atoms with van der Waals surface area (Å²) in [7, 11) is 0. The summed E-state index contributed by atoms with van der Waals surface area (Å²) in [6.07, 6.45) is 6.77. The Morgan fingerprint density at radius 2 is 1.97 bits per heavy atom. The molecule has 1 amide bonds. The van der Waals surface area contributed by atoms with Crippen LogP contribution in [0, 0.1) is 17.8 Å². The van der Waals surface area contributed by atoms with E-state index >= 15 is 0 Å². The summed E-state index contributed by atoms with van der Waals surface area (Å²) in [5.74, 6) is 2.26. The van der Waals surface area contributed by atoms with E-state index in [0.717, 1.165) is 17.2 Å². The largest absolute Gasteiger partial charge is 0.492 e. The smallest absolute Gasteiger partial charge is 0.339 e. The van der Waals surface area contributed by atoms with Gasteiger partial charge in [-0.2, -0.15) is 0 Å². The highest BCUT2D eigenvalue weighted by atomic mass is 16.5. The molecule has 3 atom stereocenters. The third kappa shape index (κ3) is 4.56. The van der Waals surface area contributed by atoms with E-state index < -0.39 is 5.97 Å². The second kappa shape index (κ2) is 9.22. The average Bonchev–Trinajstić information content (AvgIpc) is 3.46. The van der Waals surface area contributed by atoms with Crippen LogP contribution in [0.25, 0.3) is 10.9 Å². The molecule has 6 heteroatoms. The van der Waals surface area contributed by atoms with Crippen molar-refractivity contribution in [1.82, 2.24) is 4.98 Å². The van der Waals surface area contributed by atoms with E-state index in [4.69, 9.17) is 9.47 Å². The number of aromatic nitrogens is 1. The normalized spacial score (nSPS) is 21.2. The topological polar surface area (TPSA) is 77.5 Å². The van der Waals surface area contributed by atoms with Crippen molar-refractivity contribution in [2.75, 3.05) is 18.5 Å². The molecule has 3 unspecified atom stereocenters. The first-order valence-corrected chi connectivity index (χ1v) is 11.7. The molecule has 170 valence electrons. The first kappa shape index (κ1) is 21.4. The SMILES string of the molecule is CCOC(=O)c1cnc2cc(NC(=O)c3ccccc3OCC3CC4CCC3C4)ccc2c1. The van der Waals surface area contributed by atoms with Gasteiger partial charge in [0.25, 0.3) is 5.91 Å². The first-order chi connectivity index (χ1) is 16.1. The van der Waals surface area contributed by atoms with Crippen molar-refractivity contribution in [3.63, 3.8) is 0 Å². The van der Waals surface area contributed by atoms with Gasteiger partial charge in [-0.25, -0.2) is 4.79 Å². The van der Waals surface area contributed by atoms with Crippen LogP contribution in [-0.4, -0.2) is 30.1 Å². The monoisotopic (exact) mass is 444 g/mol. The first-order valence-electron chi connectivity index (χ1n) is 11.7. The minimum absolute atomic E-state index is 0.221. The van der Waals surface area contributed by atoms with Gasteiger partial charge in [-0.15, -0.1) is 0 Å². The molecule has 3 aromatic rings. The van der Waals surface area contributed by atoms with Gasteiger partial charge in [-0.3, -0.25) is 9.78 Å². The Balaban J connectivity index is 1.28. The van der Waals surface area contributed by atoms with E-state index in [2.05, 4.69) is 10.3 Å². The van der Waals surface area contributed by atoms with Crippen LogP contribution in [0.3, 0.4) is 0 Å². The van der Waals surface area contributed by atoms with Crippen molar-refractivity contribution in [2.45, 2.75) is 32.6 Å².